The molecule has 0 saturated carbocycles. The first-order valence-corrected chi connectivity index (χ1v) is 5.98. The van der Waals surface area contributed by atoms with Crippen LogP contribution >= 0.6 is 0 Å². The summed E-state index contributed by atoms with van der Waals surface area (Å²) in [7, 11) is 0. The molecular formula is C12H25N3O2. The minimum Gasteiger partial charge on any atom is -0.354 e. The molecule has 17 heavy (non-hydrogen) atoms. The zero-order valence-corrected chi connectivity index (χ0v) is 11.7. The summed E-state index contributed by atoms with van der Waals surface area (Å²) in [5, 5.41) is 8.11. The third-order valence-corrected chi connectivity index (χ3v) is 1.91. The van der Waals surface area contributed by atoms with Gasteiger partial charge in [0.2, 0.25) is 5.91 Å². The van der Waals surface area contributed by atoms with E-state index >= 15 is 0 Å². The summed E-state index contributed by atoms with van der Waals surface area (Å²) in [6.45, 7) is 12.0. The quantitative estimate of drug-likeness (QED) is 0.695. The largest absolute Gasteiger partial charge is 0.354 e. The van der Waals surface area contributed by atoms with Crippen LogP contribution in [0.3, 0.4) is 0 Å². The second-order valence-electron chi connectivity index (χ2n) is 5.71. The van der Waals surface area contributed by atoms with Crippen LogP contribution in [-0.4, -0.2) is 30.1 Å². The zero-order valence-electron chi connectivity index (χ0n) is 11.7. The first-order chi connectivity index (χ1) is 7.61. The SMILES string of the molecule is CC(C)CNC(=O)C(C)NC(=O)NC(C)(C)C. The van der Waals surface area contributed by atoms with E-state index in [0.717, 1.165) is 0 Å². The molecule has 0 bridgehead atoms. The molecule has 1 atom stereocenters. The van der Waals surface area contributed by atoms with E-state index < -0.39 is 6.04 Å². The van der Waals surface area contributed by atoms with E-state index in [9.17, 15) is 9.59 Å². The monoisotopic (exact) mass is 243 g/mol. The Morgan fingerprint density at radius 1 is 1.12 bits per heavy atom. The van der Waals surface area contributed by atoms with Crippen molar-refractivity contribution in [3.05, 3.63) is 0 Å². The molecule has 0 aromatic heterocycles. The average molecular weight is 243 g/mol. The van der Waals surface area contributed by atoms with Crippen LogP contribution in [0.15, 0.2) is 0 Å². The lowest BCUT2D eigenvalue weighted by atomic mass is 10.1. The molecular weight excluding hydrogens is 218 g/mol. The number of rotatable bonds is 4. The van der Waals surface area contributed by atoms with Crippen LogP contribution in [0.4, 0.5) is 4.79 Å². The highest BCUT2D eigenvalue weighted by atomic mass is 16.2. The van der Waals surface area contributed by atoms with Gasteiger partial charge >= 0.3 is 6.03 Å². The van der Waals surface area contributed by atoms with Gasteiger partial charge in [0.05, 0.1) is 0 Å². The first-order valence-electron chi connectivity index (χ1n) is 5.98. The van der Waals surface area contributed by atoms with Crippen molar-refractivity contribution in [2.75, 3.05) is 6.54 Å². The van der Waals surface area contributed by atoms with E-state index in [4.69, 9.17) is 0 Å². The molecule has 1 unspecified atom stereocenters. The maximum Gasteiger partial charge on any atom is 0.315 e. The maximum absolute atomic E-state index is 11.6. The molecule has 0 aromatic rings. The van der Waals surface area contributed by atoms with E-state index in [0.29, 0.717) is 12.5 Å². The Morgan fingerprint density at radius 3 is 2.06 bits per heavy atom. The normalized spacial score (nSPS) is 13.1. The Bertz CT molecular complexity index is 269. The van der Waals surface area contributed by atoms with Crippen molar-refractivity contribution in [3.63, 3.8) is 0 Å². The highest BCUT2D eigenvalue weighted by Crippen LogP contribution is 1.98. The molecule has 0 aliphatic heterocycles. The molecule has 100 valence electrons. The zero-order chi connectivity index (χ0) is 13.6. The molecule has 0 spiro atoms. The van der Waals surface area contributed by atoms with Gasteiger partial charge in [0, 0.05) is 12.1 Å². The Hall–Kier alpha value is -1.26. The number of carbonyl (C=O) groups is 2. The van der Waals surface area contributed by atoms with Gasteiger partial charge in [-0.1, -0.05) is 13.8 Å². The van der Waals surface area contributed by atoms with Crippen molar-refractivity contribution in [1.29, 1.82) is 0 Å². The first kappa shape index (κ1) is 15.7. The van der Waals surface area contributed by atoms with Gasteiger partial charge in [-0.2, -0.15) is 0 Å². The molecule has 0 aliphatic carbocycles. The number of amides is 3. The summed E-state index contributed by atoms with van der Waals surface area (Å²) in [6, 6.07) is -0.860. The second kappa shape index (κ2) is 6.47. The van der Waals surface area contributed by atoms with Gasteiger partial charge in [-0.05, 0) is 33.6 Å². The molecule has 0 fully saturated rings. The minimum absolute atomic E-state index is 0.164. The summed E-state index contributed by atoms with van der Waals surface area (Å²) in [5.74, 6) is 0.234. The van der Waals surface area contributed by atoms with Crippen molar-refractivity contribution < 1.29 is 9.59 Å². The van der Waals surface area contributed by atoms with Gasteiger partial charge < -0.3 is 16.0 Å². The molecule has 3 amide bonds. The van der Waals surface area contributed by atoms with Gasteiger partial charge in [0.25, 0.3) is 0 Å². The number of urea groups is 1. The van der Waals surface area contributed by atoms with Gasteiger partial charge in [-0.25, -0.2) is 4.79 Å². The molecule has 0 aliphatic rings. The molecule has 3 N–H and O–H groups in total. The topological polar surface area (TPSA) is 70.2 Å². The lowest BCUT2D eigenvalue weighted by Gasteiger charge is -2.22. The number of carbonyl (C=O) groups excluding carboxylic acids is 2. The van der Waals surface area contributed by atoms with Crippen molar-refractivity contribution in [3.8, 4) is 0 Å². The highest BCUT2D eigenvalue weighted by Gasteiger charge is 2.18. The Kier molecular flexibility index (Phi) is 5.99. The van der Waals surface area contributed by atoms with Gasteiger partial charge in [-0.3, -0.25) is 4.79 Å². The van der Waals surface area contributed by atoms with Crippen LogP contribution in [0, 0.1) is 5.92 Å². The lowest BCUT2D eigenvalue weighted by Crippen LogP contribution is -2.53. The van der Waals surface area contributed by atoms with Crippen molar-refractivity contribution in [2.24, 2.45) is 5.92 Å². The maximum atomic E-state index is 11.6. The van der Waals surface area contributed by atoms with Crippen LogP contribution in [0.1, 0.15) is 41.5 Å². The Morgan fingerprint density at radius 2 is 1.65 bits per heavy atom. The standard InChI is InChI=1S/C12H25N3O2/c1-8(2)7-13-10(16)9(3)14-11(17)15-12(4,5)6/h8-9H,7H2,1-6H3,(H,13,16)(H2,14,15,17). The third kappa shape index (κ3) is 8.54. The van der Waals surface area contributed by atoms with Crippen molar-refractivity contribution >= 4 is 11.9 Å². The van der Waals surface area contributed by atoms with Crippen LogP contribution in [0.2, 0.25) is 0 Å². The summed E-state index contributed by atoms with van der Waals surface area (Å²) in [6.07, 6.45) is 0. The molecule has 0 saturated heterocycles. The molecule has 0 radical (unpaired) electrons. The van der Waals surface area contributed by atoms with E-state index in [1.807, 2.05) is 34.6 Å². The van der Waals surface area contributed by atoms with Crippen LogP contribution in [-0.2, 0) is 4.79 Å². The van der Waals surface area contributed by atoms with Crippen molar-refractivity contribution in [2.45, 2.75) is 53.1 Å². The summed E-state index contributed by atoms with van der Waals surface area (Å²) in [4.78, 5) is 23.1. The van der Waals surface area contributed by atoms with E-state index in [2.05, 4.69) is 16.0 Å². The average Bonchev–Trinajstić information content (AvgIpc) is 2.10. The van der Waals surface area contributed by atoms with Crippen LogP contribution in [0.5, 0.6) is 0 Å². The number of hydrogen-bond donors (Lipinski definition) is 3. The van der Waals surface area contributed by atoms with Gasteiger partial charge in [-0.15, -0.1) is 0 Å². The fourth-order valence-electron chi connectivity index (χ4n) is 1.10. The van der Waals surface area contributed by atoms with Crippen molar-refractivity contribution in [1.82, 2.24) is 16.0 Å². The van der Waals surface area contributed by atoms with E-state index in [-0.39, 0.29) is 17.5 Å². The smallest absolute Gasteiger partial charge is 0.315 e. The van der Waals surface area contributed by atoms with E-state index in [1.54, 1.807) is 6.92 Å². The van der Waals surface area contributed by atoms with Gasteiger partial charge in [0.15, 0.2) is 0 Å². The number of nitrogens with one attached hydrogen (secondary N) is 3. The fourth-order valence-corrected chi connectivity index (χ4v) is 1.10. The molecule has 0 aromatic carbocycles. The predicted octanol–water partition coefficient (Wildman–Crippen LogP) is 1.24. The minimum atomic E-state index is -0.531. The number of hydrogen-bond acceptors (Lipinski definition) is 2. The van der Waals surface area contributed by atoms with Crippen LogP contribution in [0.25, 0.3) is 0 Å². The third-order valence-electron chi connectivity index (χ3n) is 1.91. The summed E-state index contributed by atoms with van der Waals surface area (Å²) < 4.78 is 0. The molecule has 5 nitrogen and oxygen atoms in total. The summed E-state index contributed by atoms with van der Waals surface area (Å²) in [5.41, 5.74) is -0.307. The van der Waals surface area contributed by atoms with Crippen LogP contribution < -0.4 is 16.0 Å². The van der Waals surface area contributed by atoms with E-state index in [1.165, 1.54) is 0 Å². The molecule has 0 rings (SSSR count). The molecule has 5 heteroatoms. The van der Waals surface area contributed by atoms with Gasteiger partial charge in [0.1, 0.15) is 6.04 Å². The fraction of sp³-hybridized carbons (Fsp3) is 0.833. The lowest BCUT2D eigenvalue weighted by molar-refractivity contribution is -0.122. The summed E-state index contributed by atoms with van der Waals surface area (Å²) >= 11 is 0. The second-order valence-corrected chi connectivity index (χ2v) is 5.71. The Balaban J connectivity index is 4.03. The predicted molar refractivity (Wildman–Crippen MR) is 68.7 cm³/mol. The molecule has 0 heterocycles. The highest BCUT2D eigenvalue weighted by molar-refractivity contribution is 5.86. The Labute approximate surface area is 104 Å².